The van der Waals surface area contributed by atoms with Crippen LogP contribution in [0.2, 0.25) is 0 Å². The molecule has 1 fully saturated rings. The number of hydrogen-bond donors (Lipinski definition) is 2. The second-order valence-corrected chi connectivity index (χ2v) is 3.61. The number of carboxylic acid groups (broad SMARTS) is 1. The van der Waals surface area contributed by atoms with Crippen molar-refractivity contribution in [2.24, 2.45) is 5.92 Å². The first-order valence-electron chi connectivity index (χ1n) is 4.60. The Morgan fingerprint density at radius 1 is 1.69 bits per heavy atom. The summed E-state index contributed by atoms with van der Waals surface area (Å²) >= 11 is 0. The van der Waals surface area contributed by atoms with E-state index in [1.165, 1.54) is 0 Å². The number of rotatable bonds is 2. The van der Waals surface area contributed by atoms with Gasteiger partial charge in [0.1, 0.15) is 0 Å². The van der Waals surface area contributed by atoms with Gasteiger partial charge < -0.3 is 10.4 Å². The van der Waals surface area contributed by atoms with Crippen LogP contribution in [0.1, 0.15) is 32.6 Å². The zero-order valence-corrected chi connectivity index (χ0v) is 7.75. The predicted molar refractivity (Wildman–Crippen MR) is 47.2 cm³/mol. The highest BCUT2D eigenvalue weighted by Gasteiger charge is 2.24. The highest BCUT2D eigenvalue weighted by atomic mass is 16.4. The maximum absolute atomic E-state index is 11.1. The molecule has 4 heteroatoms. The van der Waals surface area contributed by atoms with Crippen molar-refractivity contribution in [2.75, 3.05) is 0 Å². The third-order valence-corrected chi connectivity index (χ3v) is 2.51. The number of amides is 1. The standard InChI is InChI=1S/C9H15NO3/c1-6-7(5-9(12)13)3-2-4-8(11)10-6/h6-7H,2-5H2,1H3,(H,10,11)(H,12,13). The molecule has 0 saturated carbocycles. The Morgan fingerprint density at radius 2 is 2.38 bits per heavy atom. The Bertz CT molecular complexity index is 215. The molecule has 4 nitrogen and oxygen atoms in total. The van der Waals surface area contributed by atoms with Crippen LogP contribution < -0.4 is 5.32 Å². The fourth-order valence-corrected chi connectivity index (χ4v) is 1.72. The normalized spacial score (nSPS) is 29.2. The number of nitrogens with one attached hydrogen (secondary N) is 1. The highest BCUT2D eigenvalue weighted by molar-refractivity contribution is 5.76. The molecule has 1 saturated heterocycles. The van der Waals surface area contributed by atoms with Crippen LogP contribution in [-0.2, 0) is 9.59 Å². The molecular weight excluding hydrogens is 170 g/mol. The van der Waals surface area contributed by atoms with E-state index in [1.54, 1.807) is 0 Å². The molecule has 1 heterocycles. The minimum Gasteiger partial charge on any atom is -0.481 e. The van der Waals surface area contributed by atoms with Crippen molar-refractivity contribution in [2.45, 2.75) is 38.6 Å². The number of carbonyl (C=O) groups is 2. The summed E-state index contributed by atoms with van der Waals surface area (Å²) in [6.07, 6.45) is 2.31. The largest absolute Gasteiger partial charge is 0.481 e. The first-order valence-corrected chi connectivity index (χ1v) is 4.60. The Kier molecular flexibility index (Phi) is 3.28. The summed E-state index contributed by atoms with van der Waals surface area (Å²) in [5.74, 6) is -0.655. The van der Waals surface area contributed by atoms with Crippen LogP contribution in [0.3, 0.4) is 0 Å². The molecule has 74 valence electrons. The van der Waals surface area contributed by atoms with E-state index >= 15 is 0 Å². The van der Waals surface area contributed by atoms with Crippen LogP contribution in [0, 0.1) is 5.92 Å². The summed E-state index contributed by atoms with van der Waals surface area (Å²) in [6, 6.07) is -0.00824. The Labute approximate surface area is 77.3 Å². The molecule has 0 aromatic rings. The molecule has 0 spiro atoms. The molecule has 0 radical (unpaired) electrons. The molecule has 0 aromatic carbocycles. The minimum absolute atomic E-state index is 0.00824. The van der Waals surface area contributed by atoms with Crippen molar-refractivity contribution in [3.8, 4) is 0 Å². The van der Waals surface area contributed by atoms with E-state index in [-0.39, 0.29) is 24.3 Å². The van der Waals surface area contributed by atoms with Crippen molar-refractivity contribution < 1.29 is 14.7 Å². The van der Waals surface area contributed by atoms with Crippen LogP contribution in [0.4, 0.5) is 0 Å². The van der Waals surface area contributed by atoms with Gasteiger partial charge in [-0.25, -0.2) is 0 Å². The van der Waals surface area contributed by atoms with Gasteiger partial charge >= 0.3 is 5.97 Å². The Balaban J connectivity index is 2.52. The lowest BCUT2D eigenvalue weighted by molar-refractivity contribution is -0.138. The minimum atomic E-state index is -0.784. The molecule has 0 aliphatic carbocycles. The van der Waals surface area contributed by atoms with Crippen LogP contribution in [0.5, 0.6) is 0 Å². The van der Waals surface area contributed by atoms with Crippen molar-refractivity contribution in [3.05, 3.63) is 0 Å². The lowest BCUT2D eigenvalue weighted by Crippen LogP contribution is -2.36. The average Bonchev–Trinajstić information content (AvgIpc) is 2.13. The van der Waals surface area contributed by atoms with Gasteiger partial charge in [-0.2, -0.15) is 0 Å². The zero-order chi connectivity index (χ0) is 9.84. The highest BCUT2D eigenvalue weighted by Crippen LogP contribution is 2.20. The summed E-state index contributed by atoms with van der Waals surface area (Å²) < 4.78 is 0. The third kappa shape index (κ3) is 3.05. The maximum atomic E-state index is 11.1. The molecule has 1 aliphatic rings. The Morgan fingerprint density at radius 3 is 3.00 bits per heavy atom. The quantitative estimate of drug-likeness (QED) is 0.667. The number of carboxylic acids is 1. The van der Waals surface area contributed by atoms with E-state index < -0.39 is 5.97 Å². The van der Waals surface area contributed by atoms with Crippen LogP contribution in [-0.4, -0.2) is 23.0 Å². The van der Waals surface area contributed by atoms with E-state index in [2.05, 4.69) is 5.32 Å². The van der Waals surface area contributed by atoms with Crippen molar-refractivity contribution in [1.82, 2.24) is 5.32 Å². The van der Waals surface area contributed by atoms with Gasteiger partial charge in [0.2, 0.25) is 5.91 Å². The van der Waals surface area contributed by atoms with Gasteiger partial charge in [0.25, 0.3) is 0 Å². The smallest absolute Gasteiger partial charge is 0.303 e. The summed E-state index contributed by atoms with van der Waals surface area (Å²) in [7, 11) is 0. The van der Waals surface area contributed by atoms with Gasteiger partial charge in [0.15, 0.2) is 0 Å². The topological polar surface area (TPSA) is 66.4 Å². The van der Waals surface area contributed by atoms with Crippen molar-refractivity contribution in [3.63, 3.8) is 0 Å². The van der Waals surface area contributed by atoms with Crippen LogP contribution >= 0.6 is 0 Å². The molecule has 2 unspecified atom stereocenters. The van der Waals surface area contributed by atoms with Gasteiger partial charge in [-0.05, 0) is 25.7 Å². The molecule has 2 atom stereocenters. The van der Waals surface area contributed by atoms with Gasteiger partial charge in [-0.3, -0.25) is 9.59 Å². The van der Waals surface area contributed by atoms with Gasteiger partial charge in [-0.1, -0.05) is 0 Å². The second-order valence-electron chi connectivity index (χ2n) is 3.61. The van der Waals surface area contributed by atoms with Gasteiger partial charge in [0, 0.05) is 12.5 Å². The molecule has 13 heavy (non-hydrogen) atoms. The lowest BCUT2D eigenvalue weighted by atomic mass is 9.93. The lowest BCUT2D eigenvalue weighted by Gasteiger charge is -2.19. The van der Waals surface area contributed by atoms with Crippen molar-refractivity contribution >= 4 is 11.9 Å². The monoisotopic (exact) mass is 185 g/mol. The molecule has 1 rings (SSSR count). The van der Waals surface area contributed by atoms with Gasteiger partial charge in [0.05, 0.1) is 6.42 Å². The summed E-state index contributed by atoms with van der Waals surface area (Å²) in [4.78, 5) is 21.6. The number of carbonyl (C=O) groups excluding carboxylic acids is 1. The first-order chi connectivity index (χ1) is 6.09. The maximum Gasteiger partial charge on any atom is 0.303 e. The van der Waals surface area contributed by atoms with E-state index in [4.69, 9.17) is 5.11 Å². The van der Waals surface area contributed by atoms with E-state index in [0.29, 0.717) is 6.42 Å². The zero-order valence-electron chi connectivity index (χ0n) is 7.75. The summed E-state index contributed by atoms with van der Waals surface area (Å²) in [5, 5.41) is 11.4. The second kappa shape index (κ2) is 4.25. The predicted octanol–water partition coefficient (Wildman–Crippen LogP) is 0.766. The summed E-state index contributed by atoms with van der Waals surface area (Å²) in [6.45, 7) is 1.87. The summed E-state index contributed by atoms with van der Waals surface area (Å²) in [5.41, 5.74) is 0. The van der Waals surface area contributed by atoms with Crippen molar-refractivity contribution in [1.29, 1.82) is 0 Å². The molecular formula is C9H15NO3. The first kappa shape index (κ1) is 10.0. The molecule has 1 amide bonds. The molecule has 0 bridgehead atoms. The van der Waals surface area contributed by atoms with E-state index in [0.717, 1.165) is 12.8 Å². The third-order valence-electron chi connectivity index (χ3n) is 2.51. The Hall–Kier alpha value is -1.06. The fraction of sp³-hybridized carbons (Fsp3) is 0.778. The van der Waals surface area contributed by atoms with Crippen LogP contribution in [0.15, 0.2) is 0 Å². The fourth-order valence-electron chi connectivity index (χ4n) is 1.72. The van der Waals surface area contributed by atoms with E-state index in [9.17, 15) is 9.59 Å². The van der Waals surface area contributed by atoms with Crippen LogP contribution in [0.25, 0.3) is 0 Å². The SMILES string of the molecule is CC1NC(=O)CCCC1CC(=O)O. The average molecular weight is 185 g/mol. The molecule has 0 aromatic heterocycles. The number of aliphatic carboxylic acids is 1. The van der Waals surface area contributed by atoms with E-state index in [1.807, 2.05) is 6.92 Å². The van der Waals surface area contributed by atoms with Gasteiger partial charge in [-0.15, -0.1) is 0 Å². The number of hydrogen-bond acceptors (Lipinski definition) is 2. The molecule has 1 aliphatic heterocycles. The molecule has 2 N–H and O–H groups in total.